The van der Waals surface area contributed by atoms with E-state index in [4.69, 9.17) is 13.9 Å². The van der Waals surface area contributed by atoms with Gasteiger partial charge in [0, 0.05) is 12.6 Å². The standard InChI is InChI=1S/C19H26N2O6S2/c1-25-15-7-8-18(26-2)17(12-15)21(29(3,23)24)13-19(22)20-9-5-11-28-14-16-6-4-10-27-16/h4,6-8,10,12H,5,9,11,13-14H2,1-3H3,(H,20,22). The van der Waals surface area contributed by atoms with Gasteiger partial charge in [0.2, 0.25) is 15.9 Å². The zero-order valence-electron chi connectivity index (χ0n) is 16.7. The highest BCUT2D eigenvalue weighted by Crippen LogP contribution is 2.33. The van der Waals surface area contributed by atoms with Gasteiger partial charge in [0.05, 0.1) is 38.2 Å². The van der Waals surface area contributed by atoms with Crippen molar-refractivity contribution in [2.45, 2.75) is 12.2 Å². The molecule has 10 heteroatoms. The molecule has 0 bridgehead atoms. The van der Waals surface area contributed by atoms with Crippen LogP contribution in [0, 0.1) is 0 Å². The van der Waals surface area contributed by atoms with Gasteiger partial charge in [-0.25, -0.2) is 8.42 Å². The monoisotopic (exact) mass is 442 g/mol. The molecule has 0 aliphatic heterocycles. The first kappa shape index (κ1) is 23.0. The van der Waals surface area contributed by atoms with Gasteiger partial charge in [-0.05, 0) is 36.4 Å². The molecule has 0 radical (unpaired) electrons. The van der Waals surface area contributed by atoms with Crippen molar-refractivity contribution in [1.29, 1.82) is 0 Å². The number of hydrogen-bond donors (Lipinski definition) is 1. The first-order valence-electron chi connectivity index (χ1n) is 8.91. The van der Waals surface area contributed by atoms with Gasteiger partial charge in [-0.2, -0.15) is 11.8 Å². The van der Waals surface area contributed by atoms with Crippen LogP contribution in [0.15, 0.2) is 41.0 Å². The zero-order chi connectivity index (χ0) is 21.3. The molecule has 0 unspecified atom stereocenters. The number of thioether (sulfide) groups is 1. The van der Waals surface area contributed by atoms with Crippen molar-refractivity contribution in [2.75, 3.05) is 43.6 Å². The maximum Gasteiger partial charge on any atom is 0.240 e. The molecule has 0 fully saturated rings. The predicted molar refractivity (Wildman–Crippen MR) is 114 cm³/mol. The van der Waals surface area contributed by atoms with Gasteiger partial charge in [-0.3, -0.25) is 9.10 Å². The van der Waals surface area contributed by atoms with Gasteiger partial charge in [-0.1, -0.05) is 0 Å². The quantitative estimate of drug-likeness (QED) is 0.504. The second-order valence-corrected chi connectivity index (χ2v) is 9.15. The van der Waals surface area contributed by atoms with Crippen LogP contribution in [0.1, 0.15) is 12.2 Å². The van der Waals surface area contributed by atoms with Gasteiger partial charge in [0.15, 0.2) is 0 Å². The van der Waals surface area contributed by atoms with Crippen LogP contribution in [0.4, 0.5) is 5.69 Å². The Labute approximate surface area is 175 Å². The van der Waals surface area contributed by atoms with Crippen molar-refractivity contribution in [3.8, 4) is 11.5 Å². The number of furan rings is 1. The summed E-state index contributed by atoms with van der Waals surface area (Å²) in [6, 6.07) is 8.55. The van der Waals surface area contributed by atoms with Crippen LogP contribution in [0.2, 0.25) is 0 Å². The molecule has 0 spiro atoms. The van der Waals surface area contributed by atoms with E-state index >= 15 is 0 Å². The molecule has 0 aliphatic carbocycles. The van der Waals surface area contributed by atoms with Gasteiger partial charge >= 0.3 is 0 Å². The number of benzene rings is 1. The Kier molecular flexibility index (Phi) is 8.71. The summed E-state index contributed by atoms with van der Waals surface area (Å²) in [5.41, 5.74) is 0.249. The van der Waals surface area contributed by atoms with Crippen molar-refractivity contribution in [2.24, 2.45) is 0 Å². The lowest BCUT2D eigenvalue weighted by Crippen LogP contribution is -2.40. The van der Waals surface area contributed by atoms with Crippen molar-refractivity contribution in [3.05, 3.63) is 42.4 Å². The van der Waals surface area contributed by atoms with Crippen molar-refractivity contribution >= 4 is 33.4 Å². The number of sulfonamides is 1. The summed E-state index contributed by atoms with van der Waals surface area (Å²) >= 11 is 1.70. The predicted octanol–water partition coefficient (Wildman–Crippen LogP) is 2.50. The third-order valence-electron chi connectivity index (χ3n) is 3.95. The van der Waals surface area contributed by atoms with Gasteiger partial charge in [0.25, 0.3) is 0 Å². The maximum atomic E-state index is 12.3. The molecule has 1 aromatic carbocycles. The van der Waals surface area contributed by atoms with E-state index in [1.54, 1.807) is 30.2 Å². The SMILES string of the molecule is COc1ccc(OC)c(N(CC(=O)NCCCSCc2ccco2)S(C)(=O)=O)c1. The number of ether oxygens (including phenoxy) is 2. The van der Waals surface area contributed by atoms with E-state index in [-0.39, 0.29) is 12.2 Å². The summed E-state index contributed by atoms with van der Waals surface area (Å²) in [5.74, 6) is 2.94. The van der Waals surface area contributed by atoms with E-state index in [2.05, 4.69) is 5.32 Å². The molecule has 160 valence electrons. The van der Waals surface area contributed by atoms with Crippen LogP contribution < -0.4 is 19.1 Å². The second-order valence-electron chi connectivity index (χ2n) is 6.14. The van der Waals surface area contributed by atoms with E-state index in [1.807, 2.05) is 12.1 Å². The molecule has 8 nitrogen and oxygen atoms in total. The number of amides is 1. The highest BCUT2D eigenvalue weighted by Gasteiger charge is 2.24. The first-order valence-corrected chi connectivity index (χ1v) is 11.9. The van der Waals surface area contributed by atoms with Gasteiger partial charge in [-0.15, -0.1) is 0 Å². The van der Waals surface area contributed by atoms with Crippen LogP contribution in [0.25, 0.3) is 0 Å². The number of nitrogens with zero attached hydrogens (tertiary/aromatic N) is 1. The smallest absolute Gasteiger partial charge is 0.240 e. The number of carbonyl (C=O) groups is 1. The molecular formula is C19H26N2O6S2. The number of nitrogens with one attached hydrogen (secondary N) is 1. The Morgan fingerprint density at radius 2 is 2.03 bits per heavy atom. The summed E-state index contributed by atoms with van der Waals surface area (Å²) in [7, 11) is -0.797. The van der Waals surface area contributed by atoms with Crippen molar-refractivity contribution in [1.82, 2.24) is 5.32 Å². The van der Waals surface area contributed by atoms with Crippen LogP contribution in [-0.2, 0) is 20.6 Å². The highest BCUT2D eigenvalue weighted by atomic mass is 32.2. The zero-order valence-corrected chi connectivity index (χ0v) is 18.3. The van der Waals surface area contributed by atoms with Crippen LogP contribution in [-0.4, -0.2) is 53.6 Å². The average Bonchev–Trinajstić information content (AvgIpc) is 3.21. The summed E-state index contributed by atoms with van der Waals surface area (Å²) < 4.78 is 41.3. The maximum absolute atomic E-state index is 12.3. The molecule has 0 aliphatic rings. The molecule has 0 atom stereocenters. The van der Waals surface area contributed by atoms with Gasteiger partial charge < -0.3 is 19.2 Å². The fourth-order valence-electron chi connectivity index (χ4n) is 2.53. The summed E-state index contributed by atoms with van der Waals surface area (Å²) in [5, 5.41) is 2.76. The molecule has 29 heavy (non-hydrogen) atoms. The third-order valence-corrected chi connectivity index (χ3v) is 6.15. The topological polar surface area (TPSA) is 98.1 Å². The van der Waals surface area contributed by atoms with Crippen LogP contribution >= 0.6 is 11.8 Å². The Hall–Kier alpha value is -2.33. The lowest BCUT2D eigenvalue weighted by Gasteiger charge is -2.24. The van der Waals surface area contributed by atoms with E-state index in [9.17, 15) is 13.2 Å². The molecule has 1 N–H and O–H groups in total. The Bertz CT molecular complexity index is 884. The largest absolute Gasteiger partial charge is 0.497 e. The lowest BCUT2D eigenvalue weighted by atomic mass is 10.2. The fourth-order valence-corrected chi connectivity index (χ4v) is 4.24. The minimum atomic E-state index is -3.71. The molecule has 0 saturated heterocycles. The van der Waals surface area contributed by atoms with E-state index < -0.39 is 15.9 Å². The molecule has 2 rings (SSSR count). The normalized spacial score (nSPS) is 11.1. The number of rotatable bonds is 12. The number of methoxy groups -OCH3 is 2. The first-order chi connectivity index (χ1) is 13.8. The Morgan fingerprint density at radius 1 is 1.24 bits per heavy atom. The Balaban J connectivity index is 1.90. The third kappa shape index (κ3) is 7.21. The van der Waals surface area contributed by atoms with Crippen molar-refractivity contribution in [3.63, 3.8) is 0 Å². The minimum Gasteiger partial charge on any atom is -0.497 e. The summed E-state index contributed by atoms with van der Waals surface area (Å²) in [6.45, 7) is 0.110. The second kappa shape index (κ2) is 11.0. The number of anilines is 1. The van der Waals surface area contributed by atoms with E-state index in [0.29, 0.717) is 18.0 Å². The minimum absolute atomic E-state index is 0.249. The average molecular weight is 443 g/mol. The molecule has 1 amide bonds. The molecule has 1 aromatic heterocycles. The van der Waals surface area contributed by atoms with E-state index in [1.165, 1.54) is 20.3 Å². The highest BCUT2D eigenvalue weighted by molar-refractivity contribution is 7.98. The molecular weight excluding hydrogens is 416 g/mol. The fraction of sp³-hybridized carbons (Fsp3) is 0.421. The lowest BCUT2D eigenvalue weighted by molar-refractivity contribution is -0.119. The number of carbonyl (C=O) groups excluding carboxylic acids is 1. The molecule has 2 aromatic rings. The summed E-state index contributed by atoms with van der Waals surface area (Å²) in [4.78, 5) is 12.3. The van der Waals surface area contributed by atoms with Gasteiger partial charge in [0.1, 0.15) is 23.8 Å². The number of hydrogen-bond acceptors (Lipinski definition) is 7. The molecule has 0 saturated carbocycles. The molecule has 1 heterocycles. The summed E-state index contributed by atoms with van der Waals surface area (Å²) in [6.07, 6.45) is 3.45. The Morgan fingerprint density at radius 3 is 2.66 bits per heavy atom. The van der Waals surface area contributed by atoms with Crippen LogP contribution in [0.3, 0.4) is 0 Å². The van der Waals surface area contributed by atoms with Crippen LogP contribution in [0.5, 0.6) is 11.5 Å². The van der Waals surface area contributed by atoms with Crippen molar-refractivity contribution < 1.29 is 27.1 Å². The van der Waals surface area contributed by atoms with E-state index in [0.717, 1.165) is 34.2 Å².